The molecule has 0 aliphatic rings. The predicted molar refractivity (Wildman–Crippen MR) is 47.2 cm³/mol. The lowest BCUT2D eigenvalue weighted by Gasteiger charge is -1.91. The van der Waals surface area contributed by atoms with Crippen LogP contribution in [0.15, 0.2) is 26.0 Å². The first-order valence-electron chi connectivity index (χ1n) is 2.84. The Balaban J connectivity index is 2.96. The Hall–Kier alpha value is -0.420. The van der Waals surface area contributed by atoms with E-state index in [1.807, 2.05) is 6.07 Å². The van der Waals surface area contributed by atoms with Crippen LogP contribution in [-0.2, 0) is 0 Å². The summed E-state index contributed by atoms with van der Waals surface area (Å²) >= 11 is 6.48. The monoisotopic (exact) mass is 276 g/mol. The number of halogens is 2. The minimum Gasteiger partial charge on any atom is -0.461 e. The third-order valence-corrected chi connectivity index (χ3v) is 2.40. The smallest absolute Gasteiger partial charge is 0.171 e. The quantitative estimate of drug-likeness (QED) is 0.743. The highest BCUT2D eigenvalue weighted by Gasteiger charge is 2.06. The van der Waals surface area contributed by atoms with Crippen molar-refractivity contribution in [1.82, 2.24) is 10.2 Å². The molecule has 0 unspecified atom stereocenters. The van der Waals surface area contributed by atoms with E-state index in [9.17, 15) is 0 Å². The van der Waals surface area contributed by atoms with Crippen molar-refractivity contribution in [2.45, 2.75) is 0 Å². The van der Waals surface area contributed by atoms with Gasteiger partial charge in [0.1, 0.15) is 4.60 Å². The van der Waals surface area contributed by atoms with E-state index in [4.69, 9.17) is 4.42 Å². The second kappa shape index (κ2) is 2.57. The highest BCUT2D eigenvalue weighted by atomic mass is 79.9. The van der Waals surface area contributed by atoms with Gasteiger partial charge >= 0.3 is 0 Å². The topological polar surface area (TPSA) is 38.9 Å². The summed E-state index contributed by atoms with van der Waals surface area (Å²) in [5, 5.41) is 8.57. The largest absolute Gasteiger partial charge is 0.461 e. The molecule has 2 aromatic rings. The van der Waals surface area contributed by atoms with Crippen LogP contribution in [-0.4, -0.2) is 10.2 Å². The van der Waals surface area contributed by atoms with Crippen LogP contribution in [0.2, 0.25) is 0 Å². The highest BCUT2D eigenvalue weighted by molar-refractivity contribution is 9.11. The van der Waals surface area contributed by atoms with Crippen molar-refractivity contribution in [3.63, 3.8) is 0 Å². The van der Waals surface area contributed by atoms with Crippen LogP contribution in [0.4, 0.5) is 0 Å². The molecule has 0 saturated heterocycles. The van der Waals surface area contributed by atoms with E-state index in [-0.39, 0.29) is 0 Å². The third-order valence-electron chi connectivity index (χ3n) is 1.30. The van der Waals surface area contributed by atoms with Gasteiger partial charge < -0.3 is 4.42 Å². The molecule has 0 bridgehead atoms. The Bertz CT molecular complexity index is 362. The summed E-state index contributed by atoms with van der Waals surface area (Å²) in [6.45, 7) is 0. The lowest BCUT2D eigenvalue weighted by molar-refractivity contribution is 0.610. The summed E-state index contributed by atoms with van der Waals surface area (Å²) in [5.74, 6) is 0. The average Bonchev–Trinajstić information content (AvgIpc) is 2.45. The standard InChI is InChI=1S/C6H2Br2N2O/c7-5-3-1-2-11-4(3)6(8)10-9-5/h1-2H. The van der Waals surface area contributed by atoms with Crippen molar-refractivity contribution in [2.24, 2.45) is 0 Å². The highest BCUT2D eigenvalue weighted by Crippen LogP contribution is 2.26. The maximum atomic E-state index is 5.15. The zero-order valence-electron chi connectivity index (χ0n) is 5.21. The predicted octanol–water partition coefficient (Wildman–Crippen LogP) is 2.75. The van der Waals surface area contributed by atoms with E-state index >= 15 is 0 Å². The van der Waals surface area contributed by atoms with Crippen molar-refractivity contribution >= 4 is 42.8 Å². The van der Waals surface area contributed by atoms with Gasteiger partial charge in [-0.15, -0.1) is 10.2 Å². The molecule has 0 aliphatic heterocycles. The maximum absolute atomic E-state index is 5.15. The van der Waals surface area contributed by atoms with Crippen molar-refractivity contribution in [3.8, 4) is 0 Å². The van der Waals surface area contributed by atoms with E-state index in [0.29, 0.717) is 14.8 Å². The first kappa shape index (κ1) is 7.24. The fraction of sp³-hybridized carbons (Fsp3) is 0. The van der Waals surface area contributed by atoms with Gasteiger partial charge in [0.15, 0.2) is 10.2 Å². The molecule has 2 heterocycles. The minimum atomic E-state index is 0.626. The van der Waals surface area contributed by atoms with Crippen LogP contribution < -0.4 is 0 Å². The van der Waals surface area contributed by atoms with E-state index in [0.717, 1.165) is 5.39 Å². The molecule has 5 heteroatoms. The molecular weight excluding hydrogens is 276 g/mol. The number of hydrogen-bond donors (Lipinski definition) is 0. The first-order valence-corrected chi connectivity index (χ1v) is 4.42. The fourth-order valence-corrected chi connectivity index (χ4v) is 1.60. The summed E-state index contributed by atoms with van der Waals surface area (Å²) in [7, 11) is 0. The molecule has 0 amide bonds. The fourth-order valence-electron chi connectivity index (χ4n) is 0.819. The number of fused-ring (bicyclic) bond motifs is 1. The molecule has 56 valence electrons. The van der Waals surface area contributed by atoms with Gasteiger partial charge in [0.2, 0.25) is 0 Å². The number of hydrogen-bond acceptors (Lipinski definition) is 3. The molecule has 11 heavy (non-hydrogen) atoms. The molecule has 0 spiro atoms. The Labute approximate surface area is 79.1 Å². The molecule has 2 aromatic heterocycles. The Morgan fingerprint density at radius 3 is 2.64 bits per heavy atom. The van der Waals surface area contributed by atoms with Gasteiger partial charge in [-0.25, -0.2) is 0 Å². The van der Waals surface area contributed by atoms with Gasteiger partial charge in [0, 0.05) is 0 Å². The van der Waals surface area contributed by atoms with Gasteiger partial charge in [-0.2, -0.15) is 0 Å². The van der Waals surface area contributed by atoms with Crippen LogP contribution in [0.1, 0.15) is 0 Å². The van der Waals surface area contributed by atoms with Crippen LogP contribution in [0.25, 0.3) is 11.0 Å². The molecule has 3 nitrogen and oxygen atoms in total. The van der Waals surface area contributed by atoms with Gasteiger partial charge in [0.05, 0.1) is 11.6 Å². The SMILES string of the molecule is Brc1nnc(Br)c2occc12. The molecule has 0 fully saturated rings. The number of aromatic nitrogens is 2. The van der Waals surface area contributed by atoms with Crippen LogP contribution in [0.3, 0.4) is 0 Å². The molecule has 0 atom stereocenters. The van der Waals surface area contributed by atoms with Crippen molar-refractivity contribution in [1.29, 1.82) is 0 Å². The van der Waals surface area contributed by atoms with Crippen LogP contribution >= 0.6 is 31.9 Å². The van der Waals surface area contributed by atoms with Crippen LogP contribution in [0.5, 0.6) is 0 Å². The van der Waals surface area contributed by atoms with E-state index in [1.54, 1.807) is 6.26 Å². The Kier molecular flexibility index (Phi) is 1.69. The van der Waals surface area contributed by atoms with Gasteiger partial charge in [-0.05, 0) is 37.9 Å². The van der Waals surface area contributed by atoms with E-state index < -0.39 is 0 Å². The zero-order chi connectivity index (χ0) is 7.84. The van der Waals surface area contributed by atoms with Crippen molar-refractivity contribution in [2.75, 3.05) is 0 Å². The lowest BCUT2D eigenvalue weighted by Crippen LogP contribution is -1.83. The molecular formula is C6H2Br2N2O. The summed E-state index contributed by atoms with van der Waals surface area (Å²) < 4.78 is 6.47. The second-order valence-electron chi connectivity index (χ2n) is 1.95. The molecule has 0 radical (unpaired) electrons. The normalized spacial score (nSPS) is 10.7. The third kappa shape index (κ3) is 1.08. The maximum Gasteiger partial charge on any atom is 0.171 e. The van der Waals surface area contributed by atoms with Gasteiger partial charge in [0.25, 0.3) is 0 Å². The summed E-state index contributed by atoms with van der Waals surface area (Å²) in [5.41, 5.74) is 0.715. The first-order chi connectivity index (χ1) is 5.29. The number of rotatable bonds is 0. The summed E-state index contributed by atoms with van der Waals surface area (Å²) in [6.07, 6.45) is 1.60. The molecule has 2 rings (SSSR count). The zero-order valence-corrected chi connectivity index (χ0v) is 8.39. The minimum absolute atomic E-state index is 0.626. The van der Waals surface area contributed by atoms with Gasteiger partial charge in [-0.1, -0.05) is 0 Å². The van der Waals surface area contributed by atoms with Crippen molar-refractivity contribution in [3.05, 3.63) is 21.5 Å². The Morgan fingerprint density at radius 1 is 1.18 bits per heavy atom. The summed E-state index contributed by atoms with van der Waals surface area (Å²) in [6, 6.07) is 1.83. The number of furan rings is 1. The van der Waals surface area contributed by atoms with Crippen LogP contribution in [0, 0.1) is 0 Å². The lowest BCUT2D eigenvalue weighted by atomic mass is 10.4. The van der Waals surface area contributed by atoms with Gasteiger partial charge in [-0.3, -0.25) is 0 Å². The molecule has 0 N–H and O–H groups in total. The Morgan fingerprint density at radius 2 is 1.91 bits per heavy atom. The second-order valence-corrected chi connectivity index (χ2v) is 3.45. The van der Waals surface area contributed by atoms with Crippen molar-refractivity contribution < 1.29 is 4.42 Å². The number of nitrogens with zero attached hydrogens (tertiary/aromatic N) is 2. The molecule has 0 aliphatic carbocycles. The molecule has 0 aromatic carbocycles. The van der Waals surface area contributed by atoms with E-state index in [2.05, 4.69) is 42.1 Å². The summed E-state index contributed by atoms with van der Waals surface area (Å²) in [4.78, 5) is 0. The van der Waals surface area contributed by atoms with E-state index in [1.165, 1.54) is 0 Å². The molecule has 0 saturated carbocycles. The average molecular weight is 278 g/mol.